The molecule has 2 aromatic rings. The van der Waals surface area contributed by atoms with E-state index in [-0.39, 0.29) is 0 Å². The lowest BCUT2D eigenvalue weighted by atomic mass is 10.0. The first-order chi connectivity index (χ1) is 8.90. The van der Waals surface area contributed by atoms with E-state index in [1.165, 1.54) is 48.8 Å². The Labute approximate surface area is 111 Å². The van der Waals surface area contributed by atoms with Crippen LogP contribution in [0.5, 0.6) is 0 Å². The maximum absolute atomic E-state index is 3.12. The first kappa shape index (κ1) is 12.9. The summed E-state index contributed by atoms with van der Waals surface area (Å²) in [5.74, 6) is 0. The van der Waals surface area contributed by atoms with Crippen LogP contribution in [-0.4, -0.2) is 0 Å². The number of unbranched alkanes of at least 4 members (excludes halogenated alkanes) is 3. The Morgan fingerprint density at radius 1 is 0.889 bits per heavy atom. The second-order valence-corrected chi connectivity index (χ2v) is 4.80. The Bertz CT molecular complexity index is 439. The van der Waals surface area contributed by atoms with Crippen molar-refractivity contribution in [2.75, 3.05) is 0 Å². The fraction of sp³-hybridized carbons (Fsp3) is 0.333. The summed E-state index contributed by atoms with van der Waals surface area (Å²) in [6.07, 6.45) is 6.54. The van der Waals surface area contributed by atoms with Crippen molar-refractivity contribution >= 4 is 0 Å². The monoisotopic (exact) mass is 237 g/mol. The van der Waals surface area contributed by atoms with Gasteiger partial charge in [-0.05, 0) is 41.7 Å². The van der Waals surface area contributed by atoms with Crippen molar-refractivity contribution in [2.45, 2.75) is 39.0 Å². The quantitative estimate of drug-likeness (QED) is 0.600. The van der Waals surface area contributed by atoms with Gasteiger partial charge in [-0.3, -0.25) is 0 Å². The molecule has 0 aliphatic carbocycles. The molecule has 0 unspecified atom stereocenters. The van der Waals surface area contributed by atoms with E-state index in [9.17, 15) is 0 Å². The molecule has 0 N–H and O–H groups in total. The fourth-order valence-electron chi connectivity index (χ4n) is 2.19. The Morgan fingerprint density at radius 2 is 1.72 bits per heavy atom. The molecule has 0 aliphatic heterocycles. The van der Waals surface area contributed by atoms with Gasteiger partial charge in [0.05, 0.1) is 0 Å². The molecule has 0 fully saturated rings. The number of benzene rings is 2. The van der Waals surface area contributed by atoms with E-state index in [4.69, 9.17) is 0 Å². The summed E-state index contributed by atoms with van der Waals surface area (Å²) in [6.45, 7) is 2.26. The van der Waals surface area contributed by atoms with Gasteiger partial charge in [0.2, 0.25) is 0 Å². The molecule has 0 spiro atoms. The number of rotatable bonds is 6. The molecule has 18 heavy (non-hydrogen) atoms. The molecule has 93 valence electrons. The van der Waals surface area contributed by atoms with Crippen molar-refractivity contribution in [3.05, 3.63) is 60.2 Å². The lowest BCUT2D eigenvalue weighted by Crippen LogP contribution is -1.86. The van der Waals surface area contributed by atoms with Crippen LogP contribution >= 0.6 is 0 Å². The Kier molecular flexibility index (Phi) is 5.01. The number of hydrogen-bond acceptors (Lipinski definition) is 0. The Balaban J connectivity index is 1.94. The summed E-state index contributed by atoms with van der Waals surface area (Å²) in [6, 6.07) is 20.2. The summed E-state index contributed by atoms with van der Waals surface area (Å²) >= 11 is 0. The SMILES string of the molecule is CCCCCCc1ccc(-c2c[c]ccc2)cc1. The lowest BCUT2D eigenvalue weighted by molar-refractivity contribution is 0.667. The van der Waals surface area contributed by atoms with Crippen LogP contribution in [0.15, 0.2) is 48.5 Å². The third kappa shape index (κ3) is 3.73. The van der Waals surface area contributed by atoms with Gasteiger partial charge in [-0.25, -0.2) is 0 Å². The maximum Gasteiger partial charge on any atom is -0.0178 e. The van der Waals surface area contributed by atoms with Gasteiger partial charge in [0, 0.05) is 0 Å². The van der Waals surface area contributed by atoms with Crippen molar-refractivity contribution in [2.24, 2.45) is 0 Å². The van der Waals surface area contributed by atoms with Crippen LogP contribution < -0.4 is 0 Å². The standard InChI is InChI=1S/C18H21/c1-2-3-4-6-9-16-12-14-18(15-13-16)17-10-7-5-8-11-17/h5,7,10-15H,2-4,6,9H2,1H3. The molecule has 0 amide bonds. The van der Waals surface area contributed by atoms with Crippen LogP contribution in [0.25, 0.3) is 11.1 Å². The van der Waals surface area contributed by atoms with E-state index in [0.29, 0.717) is 0 Å². The molecule has 2 rings (SSSR count). The smallest absolute Gasteiger partial charge is 0.0178 e. The topological polar surface area (TPSA) is 0 Å². The van der Waals surface area contributed by atoms with Gasteiger partial charge in [-0.2, -0.15) is 0 Å². The number of aryl methyl sites for hydroxylation is 1. The molecule has 0 nitrogen and oxygen atoms in total. The molecule has 0 bridgehead atoms. The zero-order chi connectivity index (χ0) is 12.6. The van der Waals surface area contributed by atoms with Crippen LogP contribution in [0.3, 0.4) is 0 Å². The van der Waals surface area contributed by atoms with Crippen LogP contribution in [0.4, 0.5) is 0 Å². The minimum atomic E-state index is 1.21. The van der Waals surface area contributed by atoms with Gasteiger partial charge < -0.3 is 0 Å². The largest absolute Gasteiger partial charge is 0.0654 e. The third-order valence-corrected chi connectivity index (χ3v) is 3.31. The van der Waals surface area contributed by atoms with Crippen molar-refractivity contribution in [3.8, 4) is 11.1 Å². The Morgan fingerprint density at radius 3 is 2.39 bits per heavy atom. The molecule has 0 aromatic heterocycles. The molecule has 0 saturated heterocycles. The highest BCUT2D eigenvalue weighted by atomic mass is 14.0. The fourth-order valence-corrected chi connectivity index (χ4v) is 2.19. The summed E-state index contributed by atoms with van der Waals surface area (Å²) in [7, 11) is 0. The minimum absolute atomic E-state index is 1.21. The molecule has 0 atom stereocenters. The molecular formula is C18H21. The second-order valence-electron chi connectivity index (χ2n) is 4.80. The summed E-state index contributed by atoms with van der Waals surface area (Å²) in [5, 5.41) is 0. The maximum atomic E-state index is 3.12. The molecule has 1 radical (unpaired) electrons. The van der Waals surface area contributed by atoms with E-state index >= 15 is 0 Å². The van der Waals surface area contributed by atoms with E-state index in [1.54, 1.807) is 0 Å². The first-order valence-electron chi connectivity index (χ1n) is 6.95. The lowest BCUT2D eigenvalue weighted by Gasteiger charge is -2.04. The van der Waals surface area contributed by atoms with Gasteiger partial charge in [0.25, 0.3) is 0 Å². The van der Waals surface area contributed by atoms with Crippen molar-refractivity contribution in [1.29, 1.82) is 0 Å². The summed E-state index contributed by atoms with van der Waals surface area (Å²) in [4.78, 5) is 0. The van der Waals surface area contributed by atoms with Crippen LogP contribution in [-0.2, 0) is 6.42 Å². The van der Waals surface area contributed by atoms with Gasteiger partial charge in [0.1, 0.15) is 0 Å². The highest BCUT2D eigenvalue weighted by molar-refractivity contribution is 5.63. The first-order valence-corrected chi connectivity index (χ1v) is 6.95. The highest BCUT2D eigenvalue weighted by Gasteiger charge is 1.97. The van der Waals surface area contributed by atoms with Crippen molar-refractivity contribution < 1.29 is 0 Å². The predicted octanol–water partition coefficient (Wildman–Crippen LogP) is 5.28. The summed E-state index contributed by atoms with van der Waals surface area (Å²) in [5.41, 5.74) is 3.98. The van der Waals surface area contributed by atoms with Gasteiger partial charge in [0.15, 0.2) is 0 Å². The van der Waals surface area contributed by atoms with Crippen LogP contribution in [0.2, 0.25) is 0 Å². The zero-order valence-corrected chi connectivity index (χ0v) is 11.2. The van der Waals surface area contributed by atoms with Gasteiger partial charge >= 0.3 is 0 Å². The highest BCUT2D eigenvalue weighted by Crippen LogP contribution is 2.19. The van der Waals surface area contributed by atoms with Crippen molar-refractivity contribution in [3.63, 3.8) is 0 Å². The number of hydrogen-bond donors (Lipinski definition) is 0. The average molecular weight is 237 g/mol. The molecule has 0 heterocycles. The van der Waals surface area contributed by atoms with Gasteiger partial charge in [-0.15, -0.1) is 0 Å². The Hall–Kier alpha value is -1.56. The molecule has 0 heteroatoms. The molecule has 2 aromatic carbocycles. The average Bonchev–Trinajstić information content (AvgIpc) is 2.45. The third-order valence-electron chi connectivity index (χ3n) is 3.31. The van der Waals surface area contributed by atoms with E-state index in [1.807, 2.05) is 18.2 Å². The normalized spacial score (nSPS) is 10.5. The van der Waals surface area contributed by atoms with Gasteiger partial charge in [-0.1, -0.05) is 68.7 Å². The van der Waals surface area contributed by atoms with E-state index in [0.717, 1.165) is 0 Å². The van der Waals surface area contributed by atoms with Crippen LogP contribution in [0.1, 0.15) is 38.2 Å². The minimum Gasteiger partial charge on any atom is -0.0654 e. The predicted molar refractivity (Wildman–Crippen MR) is 78.6 cm³/mol. The molecule has 0 aliphatic rings. The second kappa shape index (κ2) is 7.00. The zero-order valence-electron chi connectivity index (χ0n) is 11.2. The van der Waals surface area contributed by atoms with E-state index < -0.39 is 0 Å². The summed E-state index contributed by atoms with van der Waals surface area (Å²) < 4.78 is 0. The van der Waals surface area contributed by atoms with Crippen molar-refractivity contribution in [1.82, 2.24) is 0 Å². The molecular weight excluding hydrogens is 216 g/mol. The van der Waals surface area contributed by atoms with E-state index in [2.05, 4.69) is 43.3 Å². The molecule has 0 saturated carbocycles. The van der Waals surface area contributed by atoms with Crippen LogP contribution in [0, 0.1) is 6.07 Å².